The topological polar surface area (TPSA) is 86.2 Å². The molecule has 0 spiro atoms. The number of esters is 1. The molecule has 0 aliphatic carbocycles. The molecule has 0 aromatic carbocycles. The molecule has 0 amide bonds. The normalized spacial score (nSPS) is 12.2. The van der Waals surface area contributed by atoms with Crippen LogP contribution in [0.1, 0.15) is 43.9 Å². The van der Waals surface area contributed by atoms with Crippen LogP contribution in [0.5, 0.6) is 0 Å². The Morgan fingerprint density at radius 3 is 2.40 bits per heavy atom. The fraction of sp³-hybridized carbons (Fsp3) is 0.583. The molecule has 0 atom stereocenters. The molecule has 1 rings (SSSR count). The first-order chi connectivity index (χ1) is 9.13. The summed E-state index contributed by atoms with van der Waals surface area (Å²) in [6.07, 6.45) is 0. The van der Waals surface area contributed by atoms with Crippen molar-refractivity contribution in [2.45, 2.75) is 38.0 Å². The Morgan fingerprint density at radius 1 is 1.35 bits per heavy atom. The van der Waals surface area contributed by atoms with Crippen molar-refractivity contribution >= 4 is 15.8 Å². The number of halogens is 1. The number of sulfone groups is 1. The number of hydrogen-bond donors (Lipinski definition) is 0. The first-order valence-corrected chi connectivity index (χ1v) is 7.62. The van der Waals surface area contributed by atoms with E-state index in [9.17, 15) is 17.6 Å². The van der Waals surface area contributed by atoms with Gasteiger partial charge in [-0.1, -0.05) is 27.7 Å². The number of rotatable bonds is 4. The SMILES string of the molecule is CCS(=O)(=O)c1cc(C(=O)OCF)nnc1C(C)(C)C. The van der Waals surface area contributed by atoms with Gasteiger partial charge in [0.2, 0.25) is 6.86 Å². The van der Waals surface area contributed by atoms with Gasteiger partial charge in [-0.3, -0.25) is 0 Å². The van der Waals surface area contributed by atoms with Crippen molar-refractivity contribution in [2.24, 2.45) is 0 Å². The Morgan fingerprint density at radius 2 is 1.95 bits per heavy atom. The second-order valence-electron chi connectivity index (χ2n) is 5.14. The van der Waals surface area contributed by atoms with Crippen LogP contribution in [0.15, 0.2) is 11.0 Å². The van der Waals surface area contributed by atoms with E-state index >= 15 is 0 Å². The minimum Gasteiger partial charge on any atom is -0.429 e. The standard InChI is InChI=1S/C12H17FN2O4S/c1-5-20(17,18)9-6-8(11(16)19-7-13)14-15-10(9)12(2,3)4/h6H,5,7H2,1-4H3. The zero-order valence-corrected chi connectivity index (χ0v) is 12.6. The molecule has 1 heterocycles. The molecular formula is C12H17FN2O4S. The van der Waals surface area contributed by atoms with E-state index in [1.807, 2.05) is 0 Å². The second kappa shape index (κ2) is 5.82. The van der Waals surface area contributed by atoms with Gasteiger partial charge in [-0.05, 0) is 6.07 Å². The molecule has 0 bridgehead atoms. The van der Waals surface area contributed by atoms with Gasteiger partial charge in [0, 0.05) is 5.41 Å². The molecule has 0 N–H and O–H groups in total. The van der Waals surface area contributed by atoms with Gasteiger partial charge in [0.15, 0.2) is 15.5 Å². The van der Waals surface area contributed by atoms with Crippen molar-refractivity contribution in [1.82, 2.24) is 10.2 Å². The van der Waals surface area contributed by atoms with E-state index in [1.54, 1.807) is 20.8 Å². The van der Waals surface area contributed by atoms with E-state index < -0.39 is 28.1 Å². The summed E-state index contributed by atoms with van der Waals surface area (Å²) < 4.78 is 40.4. The summed E-state index contributed by atoms with van der Waals surface area (Å²) in [5.41, 5.74) is -0.633. The maximum absolute atomic E-state index is 12.1. The van der Waals surface area contributed by atoms with E-state index in [4.69, 9.17) is 0 Å². The van der Waals surface area contributed by atoms with Crippen LogP contribution in [0.4, 0.5) is 4.39 Å². The molecule has 0 saturated heterocycles. The highest BCUT2D eigenvalue weighted by atomic mass is 32.2. The third-order valence-corrected chi connectivity index (χ3v) is 4.32. The number of hydrogen-bond acceptors (Lipinski definition) is 6. The fourth-order valence-corrected chi connectivity index (χ4v) is 2.75. The van der Waals surface area contributed by atoms with Crippen LogP contribution in [-0.2, 0) is 20.0 Å². The lowest BCUT2D eigenvalue weighted by molar-refractivity contribution is 0.0315. The number of aromatic nitrogens is 2. The first-order valence-electron chi connectivity index (χ1n) is 5.97. The Balaban J connectivity index is 3.49. The lowest BCUT2D eigenvalue weighted by Crippen LogP contribution is -2.22. The Bertz CT molecular complexity index is 608. The number of carbonyl (C=O) groups is 1. The van der Waals surface area contributed by atoms with Crippen molar-refractivity contribution in [3.8, 4) is 0 Å². The van der Waals surface area contributed by atoms with Crippen LogP contribution in [-0.4, -0.2) is 37.2 Å². The van der Waals surface area contributed by atoms with Gasteiger partial charge in [0.25, 0.3) is 0 Å². The van der Waals surface area contributed by atoms with E-state index in [1.165, 1.54) is 6.92 Å². The summed E-state index contributed by atoms with van der Waals surface area (Å²) in [6.45, 7) is 5.53. The van der Waals surface area contributed by atoms with Gasteiger partial charge in [0.1, 0.15) is 0 Å². The quantitative estimate of drug-likeness (QED) is 0.786. The average Bonchev–Trinajstić information content (AvgIpc) is 2.37. The van der Waals surface area contributed by atoms with Crippen LogP contribution in [0, 0.1) is 0 Å². The molecule has 0 radical (unpaired) electrons. The van der Waals surface area contributed by atoms with Gasteiger partial charge >= 0.3 is 5.97 Å². The minimum absolute atomic E-state index is 0.0756. The van der Waals surface area contributed by atoms with Crippen molar-refractivity contribution in [3.63, 3.8) is 0 Å². The van der Waals surface area contributed by atoms with Crippen molar-refractivity contribution < 1.29 is 22.3 Å². The largest absolute Gasteiger partial charge is 0.429 e. The fourth-order valence-electron chi connectivity index (χ4n) is 1.51. The third kappa shape index (κ3) is 3.50. The van der Waals surface area contributed by atoms with E-state index in [2.05, 4.69) is 14.9 Å². The maximum Gasteiger partial charge on any atom is 0.361 e. The summed E-state index contributed by atoms with van der Waals surface area (Å²) in [6, 6.07) is 1.09. The Labute approximate surface area is 117 Å². The molecule has 0 aliphatic heterocycles. The average molecular weight is 304 g/mol. The van der Waals surface area contributed by atoms with Gasteiger partial charge in [-0.25, -0.2) is 17.6 Å². The van der Waals surface area contributed by atoms with Crippen molar-refractivity contribution in [3.05, 3.63) is 17.5 Å². The van der Waals surface area contributed by atoms with Crippen molar-refractivity contribution in [2.75, 3.05) is 12.6 Å². The molecular weight excluding hydrogens is 287 g/mol. The van der Waals surface area contributed by atoms with Crippen molar-refractivity contribution in [1.29, 1.82) is 0 Å². The minimum atomic E-state index is -3.59. The number of nitrogens with zero attached hydrogens (tertiary/aromatic N) is 2. The number of alkyl halides is 1. The summed E-state index contributed by atoms with van der Waals surface area (Å²) in [7, 11) is -3.59. The molecule has 112 valence electrons. The second-order valence-corrected chi connectivity index (χ2v) is 7.38. The van der Waals surface area contributed by atoms with Crippen LogP contribution in [0.2, 0.25) is 0 Å². The maximum atomic E-state index is 12.1. The van der Waals surface area contributed by atoms with Crippen LogP contribution >= 0.6 is 0 Å². The lowest BCUT2D eigenvalue weighted by Gasteiger charge is -2.20. The molecule has 0 saturated carbocycles. The molecule has 8 heteroatoms. The first kappa shape index (κ1) is 16.5. The van der Waals surface area contributed by atoms with Gasteiger partial charge < -0.3 is 4.74 Å². The van der Waals surface area contributed by atoms with Gasteiger partial charge in [-0.2, -0.15) is 5.10 Å². The molecule has 6 nitrogen and oxygen atoms in total. The van der Waals surface area contributed by atoms with E-state index in [0.717, 1.165) is 6.07 Å². The highest BCUT2D eigenvalue weighted by Crippen LogP contribution is 2.27. The lowest BCUT2D eigenvalue weighted by atomic mass is 9.92. The van der Waals surface area contributed by atoms with Crippen LogP contribution in [0.3, 0.4) is 0 Å². The third-order valence-electron chi connectivity index (χ3n) is 2.58. The van der Waals surface area contributed by atoms with Gasteiger partial charge in [0.05, 0.1) is 16.3 Å². The molecule has 1 aromatic rings. The highest BCUT2D eigenvalue weighted by molar-refractivity contribution is 7.91. The molecule has 0 fully saturated rings. The highest BCUT2D eigenvalue weighted by Gasteiger charge is 2.28. The molecule has 0 unspecified atom stereocenters. The summed E-state index contributed by atoms with van der Waals surface area (Å²) >= 11 is 0. The van der Waals surface area contributed by atoms with Gasteiger partial charge in [-0.15, -0.1) is 5.10 Å². The number of carbonyl (C=O) groups excluding carboxylic acids is 1. The monoisotopic (exact) mass is 304 g/mol. The predicted molar refractivity (Wildman–Crippen MR) is 69.8 cm³/mol. The molecule has 20 heavy (non-hydrogen) atoms. The van der Waals surface area contributed by atoms with Crippen LogP contribution < -0.4 is 0 Å². The Hall–Kier alpha value is -1.57. The van der Waals surface area contributed by atoms with Crippen LogP contribution in [0.25, 0.3) is 0 Å². The number of ether oxygens (including phenoxy) is 1. The summed E-state index contributed by atoms with van der Waals surface area (Å²) in [4.78, 5) is 11.3. The zero-order valence-electron chi connectivity index (χ0n) is 11.8. The Kier molecular flexibility index (Phi) is 4.80. The predicted octanol–water partition coefficient (Wildman–Crippen LogP) is 1.65. The smallest absolute Gasteiger partial charge is 0.361 e. The summed E-state index contributed by atoms with van der Waals surface area (Å²) in [5, 5.41) is 7.43. The van der Waals surface area contributed by atoms with E-state index in [0.29, 0.717) is 0 Å². The summed E-state index contributed by atoms with van der Waals surface area (Å²) in [5.74, 6) is -1.19. The van der Waals surface area contributed by atoms with E-state index in [-0.39, 0.29) is 22.0 Å². The molecule has 0 aliphatic rings. The zero-order chi connectivity index (χ0) is 15.6. The molecule has 1 aromatic heterocycles.